The summed E-state index contributed by atoms with van der Waals surface area (Å²) < 4.78 is 10.5. The Morgan fingerprint density at radius 2 is 1.94 bits per heavy atom. The lowest BCUT2D eigenvalue weighted by Crippen LogP contribution is -1.98. The van der Waals surface area contributed by atoms with E-state index in [-0.39, 0.29) is 6.79 Å². The summed E-state index contributed by atoms with van der Waals surface area (Å²) in [4.78, 5) is 0. The minimum absolute atomic E-state index is 0.280. The van der Waals surface area contributed by atoms with Crippen LogP contribution >= 0.6 is 0 Å². The Labute approximate surface area is 102 Å². The van der Waals surface area contributed by atoms with E-state index in [1.807, 2.05) is 18.2 Å². The van der Waals surface area contributed by atoms with Crippen molar-refractivity contribution >= 4 is 0 Å². The van der Waals surface area contributed by atoms with Gasteiger partial charge in [-0.25, -0.2) is 0 Å². The average molecular weight is 236 g/mol. The van der Waals surface area contributed by atoms with Gasteiger partial charge in [-0.2, -0.15) is 0 Å². The molecule has 0 radical (unpaired) electrons. The number of aliphatic hydroxyl groups excluding tert-OH is 1. The average Bonchev–Trinajstić information content (AvgIpc) is 2.75. The number of fused-ring (bicyclic) bond motifs is 1. The molecule has 0 aliphatic carbocycles. The highest BCUT2D eigenvalue weighted by molar-refractivity contribution is 5.45. The van der Waals surface area contributed by atoms with Crippen molar-refractivity contribution in [1.29, 1.82) is 0 Å². The predicted octanol–water partition coefficient (Wildman–Crippen LogP) is 3.28. The van der Waals surface area contributed by atoms with Gasteiger partial charge in [0.1, 0.15) is 0 Å². The van der Waals surface area contributed by atoms with Crippen LogP contribution in [-0.2, 0) is 0 Å². The molecule has 0 amide bonds. The Morgan fingerprint density at radius 1 is 1.18 bits per heavy atom. The summed E-state index contributed by atoms with van der Waals surface area (Å²) in [6.07, 6.45) is 2.61. The number of ether oxygens (including phenoxy) is 2. The van der Waals surface area contributed by atoms with Crippen molar-refractivity contribution in [2.24, 2.45) is 5.92 Å². The van der Waals surface area contributed by atoms with Crippen LogP contribution in [0.15, 0.2) is 18.2 Å². The standard InChI is InChI=1S/C14H20O3/c1-10(2)4-3-5-12(15)11-6-7-13-14(8-11)17-9-16-13/h6-8,10,12,15H,3-5,9H2,1-2H3. The lowest BCUT2D eigenvalue weighted by atomic mass is 10.00. The van der Waals surface area contributed by atoms with Gasteiger partial charge in [0.25, 0.3) is 0 Å². The zero-order chi connectivity index (χ0) is 12.3. The van der Waals surface area contributed by atoms with Crippen molar-refractivity contribution < 1.29 is 14.6 Å². The summed E-state index contributed by atoms with van der Waals surface area (Å²) >= 11 is 0. The molecule has 1 aliphatic heterocycles. The van der Waals surface area contributed by atoms with Gasteiger partial charge in [0, 0.05) is 0 Å². The van der Waals surface area contributed by atoms with Crippen LogP contribution in [0.5, 0.6) is 11.5 Å². The van der Waals surface area contributed by atoms with E-state index in [1.54, 1.807) is 0 Å². The van der Waals surface area contributed by atoms with Crippen LogP contribution in [-0.4, -0.2) is 11.9 Å². The molecule has 0 aromatic heterocycles. The van der Waals surface area contributed by atoms with Crippen LogP contribution in [0.1, 0.15) is 44.8 Å². The monoisotopic (exact) mass is 236 g/mol. The first-order chi connectivity index (χ1) is 8.16. The van der Waals surface area contributed by atoms with Gasteiger partial charge in [0.05, 0.1) is 6.10 Å². The predicted molar refractivity (Wildman–Crippen MR) is 66.2 cm³/mol. The normalized spacial score (nSPS) is 15.3. The van der Waals surface area contributed by atoms with Crippen molar-refractivity contribution in [3.05, 3.63) is 23.8 Å². The number of hydrogen-bond donors (Lipinski definition) is 1. The molecule has 1 aliphatic rings. The molecule has 1 atom stereocenters. The molecule has 17 heavy (non-hydrogen) atoms. The number of rotatable bonds is 5. The second-order valence-electron chi connectivity index (χ2n) is 4.95. The van der Waals surface area contributed by atoms with E-state index in [9.17, 15) is 5.11 Å². The fourth-order valence-electron chi connectivity index (χ4n) is 2.01. The Bertz CT molecular complexity index is 374. The molecular weight excluding hydrogens is 216 g/mol. The molecule has 3 nitrogen and oxygen atoms in total. The summed E-state index contributed by atoms with van der Waals surface area (Å²) in [5.74, 6) is 2.20. The third-order valence-corrected chi connectivity index (χ3v) is 3.04. The molecule has 1 aromatic rings. The van der Waals surface area contributed by atoms with E-state index < -0.39 is 6.10 Å². The Morgan fingerprint density at radius 3 is 2.71 bits per heavy atom. The van der Waals surface area contributed by atoms with Gasteiger partial charge < -0.3 is 14.6 Å². The highest BCUT2D eigenvalue weighted by Gasteiger charge is 2.16. The summed E-state index contributed by atoms with van der Waals surface area (Å²) in [7, 11) is 0. The van der Waals surface area contributed by atoms with Crippen molar-refractivity contribution in [3.63, 3.8) is 0 Å². The quantitative estimate of drug-likeness (QED) is 0.852. The molecule has 1 unspecified atom stereocenters. The molecule has 0 fully saturated rings. The second kappa shape index (κ2) is 5.41. The molecule has 0 bridgehead atoms. The SMILES string of the molecule is CC(C)CCCC(O)c1ccc2c(c1)OCO2. The van der Waals surface area contributed by atoms with E-state index in [0.717, 1.165) is 36.3 Å². The Kier molecular flexibility index (Phi) is 3.89. The maximum Gasteiger partial charge on any atom is 0.231 e. The number of benzene rings is 1. The van der Waals surface area contributed by atoms with Crippen LogP contribution in [0, 0.1) is 5.92 Å². The van der Waals surface area contributed by atoms with Crippen molar-refractivity contribution in [2.45, 2.75) is 39.2 Å². The van der Waals surface area contributed by atoms with Crippen LogP contribution < -0.4 is 9.47 Å². The van der Waals surface area contributed by atoms with Crippen LogP contribution in [0.25, 0.3) is 0 Å². The molecule has 3 heteroatoms. The summed E-state index contributed by atoms with van der Waals surface area (Å²) in [5, 5.41) is 10.1. The van der Waals surface area contributed by atoms with Crippen molar-refractivity contribution in [2.75, 3.05) is 6.79 Å². The fraction of sp³-hybridized carbons (Fsp3) is 0.571. The zero-order valence-corrected chi connectivity index (χ0v) is 10.5. The maximum atomic E-state index is 10.1. The van der Waals surface area contributed by atoms with Gasteiger partial charge >= 0.3 is 0 Å². The molecular formula is C14H20O3. The maximum absolute atomic E-state index is 10.1. The molecule has 2 rings (SSSR count). The highest BCUT2D eigenvalue weighted by atomic mass is 16.7. The van der Waals surface area contributed by atoms with Gasteiger partial charge in [0.15, 0.2) is 11.5 Å². The Hall–Kier alpha value is -1.22. The van der Waals surface area contributed by atoms with Crippen molar-refractivity contribution in [3.8, 4) is 11.5 Å². The third kappa shape index (κ3) is 3.13. The van der Waals surface area contributed by atoms with E-state index in [1.165, 1.54) is 0 Å². The first-order valence-corrected chi connectivity index (χ1v) is 6.24. The topological polar surface area (TPSA) is 38.7 Å². The highest BCUT2D eigenvalue weighted by Crippen LogP contribution is 2.35. The number of hydrogen-bond acceptors (Lipinski definition) is 3. The smallest absolute Gasteiger partial charge is 0.231 e. The van der Waals surface area contributed by atoms with E-state index in [2.05, 4.69) is 13.8 Å². The fourth-order valence-corrected chi connectivity index (χ4v) is 2.01. The number of aliphatic hydroxyl groups is 1. The van der Waals surface area contributed by atoms with Crippen LogP contribution in [0.4, 0.5) is 0 Å². The third-order valence-electron chi connectivity index (χ3n) is 3.04. The van der Waals surface area contributed by atoms with Gasteiger partial charge in [-0.05, 0) is 30.0 Å². The first kappa shape index (κ1) is 12.2. The minimum atomic E-state index is -0.400. The molecule has 1 aromatic carbocycles. The zero-order valence-electron chi connectivity index (χ0n) is 10.5. The molecule has 1 N–H and O–H groups in total. The van der Waals surface area contributed by atoms with Gasteiger partial charge in [-0.1, -0.05) is 32.8 Å². The molecule has 0 saturated carbocycles. The van der Waals surface area contributed by atoms with Gasteiger partial charge in [-0.3, -0.25) is 0 Å². The van der Waals surface area contributed by atoms with Crippen molar-refractivity contribution in [1.82, 2.24) is 0 Å². The van der Waals surface area contributed by atoms with Gasteiger partial charge in [-0.15, -0.1) is 0 Å². The van der Waals surface area contributed by atoms with E-state index in [0.29, 0.717) is 5.92 Å². The molecule has 0 spiro atoms. The summed E-state index contributed by atoms with van der Waals surface area (Å²) in [6.45, 7) is 4.68. The summed E-state index contributed by atoms with van der Waals surface area (Å²) in [5.41, 5.74) is 0.915. The van der Waals surface area contributed by atoms with Crippen LogP contribution in [0.3, 0.4) is 0 Å². The molecule has 1 heterocycles. The first-order valence-electron chi connectivity index (χ1n) is 6.24. The van der Waals surface area contributed by atoms with Gasteiger partial charge in [0.2, 0.25) is 6.79 Å². The summed E-state index contributed by atoms with van der Waals surface area (Å²) in [6, 6.07) is 5.65. The molecule has 0 saturated heterocycles. The lowest BCUT2D eigenvalue weighted by molar-refractivity contribution is 0.160. The van der Waals surface area contributed by atoms with E-state index in [4.69, 9.17) is 9.47 Å². The second-order valence-corrected chi connectivity index (χ2v) is 4.95. The lowest BCUT2D eigenvalue weighted by Gasteiger charge is -2.12. The minimum Gasteiger partial charge on any atom is -0.454 e. The van der Waals surface area contributed by atoms with E-state index >= 15 is 0 Å². The van der Waals surface area contributed by atoms with Crippen LogP contribution in [0.2, 0.25) is 0 Å². The Balaban J connectivity index is 1.92. The molecule has 94 valence electrons. The largest absolute Gasteiger partial charge is 0.454 e.